The number of carboxylic acid groups (broad SMARTS) is 1. The van der Waals surface area contributed by atoms with E-state index in [4.69, 9.17) is 9.05 Å². The molecule has 7 nitrogen and oxygen atoms in total. The molecule has 0 saturated heterocycles. The maximum absolute atomic E-state index is 13.5. The average Bonchev–Trinajstić information content (AvgIpc) is 3.28. The summed E-state index contributed by atoms with van der Waals surface area (Å²) in [6.07, 6.45) is 2.95. The fourth-order valence-electron chi connectivity index (χ4n) is 5.85. The van der Waals surface area contributed by atoms with Gasteiger partial charge in [-0.25, -0.2) is 4.79 Å². The Hall–Kier alpha value is -3.51. The van der Waals surface area contributed by atoms with Crippen molar-refractivity contribution in [1.82, 2.24) is 0 Å². The van der Waals surface area contributed by atoms with Crippen LogP contribution in [0.4, 0.5) is 5.69 Å². The molecule has 1 aliphatic heterocycles. The van der Waals surface area contributed by atoms with Gasteiger partial charge in [0, 0.05) is 18.2 Å². The summed E-state index contributed by atoms with van der Waals surface area (Å²) in [4.78, 5) is 28.0. The molecule has 39 heavy (non-hydrogen) atoms. The standard InChI is InChI=1S/C31H32NO6P/c1-3-37-39(36,38-4-2)20-27(33)25-17-11-19-32(30(25)31(34)35)26-18-10-16-24-22-14-8-9-15-23(22)28(29(24)26)21-12-6-5-7-13-21/h5-18,25,28,30H,3-4,19-20H2,1-2H3,(H,34,35)/t25-,28?,30-/m1/s1. The number of hydrogen-bond acceptors (Lipinski definition) is 6. The third kappa shape index (κ3) is 5.10. The molecule has 1 unspecified atom stereocenters. The van der Waals surface area contributed by atoms with Gasteiger partial charge in [-0.2, -0.15) is 0 Å². The van der Waals surface area contributed by atoms with Gasteiger partial charge >= 0.3 is 13.6 Å². The number of benzene rings is 3. The van der Waals surface area contributed by atoms with Gasteiger partial charge in [-0.3, -0.25) is 9.36 Å². The largest absolute Gasteiger partial charge is 0.480 e. The molecule has 3 atom stereocenters. The molecule has 0 spiro atoms. The summed E-state index contributed by atoms with van der Waals surface area (Å²) >= 11 is 0. The highest BCUT2D eigenvalue weighted by Crippen LogP contribution is 2.52. The number of hydrogen-bond donors (Lipinski definition) is 1. The van der Waals surface area contributed by atoms with E-state index in [0.29, 0.717) is 6.54 Å². The lowest BCUT2D eigenvalue weighted by atomic mass is 9.86. The SMILES string of the molecule is CCOP(=O)(CC(=O)[C@H]1C=CCN(c2cccc3c2C(c2ccccc2)c2ccccc2-3)[C@H]1C(=O)O)OCC. The van der Waals surface area contributed by atoms with Crippen molar-refractivity contribution in [3.05, 3.63) is 102 Å². The first-order valence-electron chi connectivity index (χ1n) is 13.2. The van der Waals surface area contributed by atoms with Crippen LogP contribution in [-0.2, 0) is 23.2 Å². The van der Waals surface area contributed by atoms with E-state index in [1.807, 2.05) is 48.5 Å². The fourth-order valence-corrected chi connectivity index (χ4v) is 7.49. The summed E-state index contributed by atoms with van der Waals surface area (Å²) in [7, 11) is -3.69. The predicted molar refractivity (Wildman–Crippen MR) is 151 cm³/mol. The van der Waals surface area contributed by atoms with E-state index in [9.17, 15) is 19.3 Å². The van der Waals surface area contributed by atoms with E-state index in [-0.39, 0.29) is 19.1 Å². The highest BCUT2D eigenvalue weighted by molar-refractivity contribution is 7.54. The van der Waals surface area contributed by atoms with Crippen LogP contribution in [0.1, 0.15) is 36.5 Å². The molecule has 0 amide bonds. The molecule has 3 aromatic rings. The Bertz CT molecular complexity index is 1440. The summed E-state index contributed by atoms with van der Waals surface area (Å²) in [6.45, 7) is 3.92. The van der Waals surface area contributed by atoms with Crippen LogP contribution in [0.15, 0.2) is 84.9 Å². The second-order valence-electron chi connectivity index (χ2n) is 9.63. The van der Waals surface area contributed by atoms with Crippen molar-refractivity contribution in [2.24, 2.45) is 5.92 Å². The van der Waals surface area contributed by atoms with Crippen LogP contribution < -0.4 is 4.90 Å². The third-order valence-corrected chi connectivity index (χ3v) is 9.33. The molecule has 0 saturated carbocycles. The smallest absolute Gasteiger partial charge is 0.338 e. The highest BCUT2D eigenvalue weighted by Gasteiger charge is 2.43. The van der Waals surface area contributed by atoms with Gasteiger partial charge in [-0.15, -0.1) is 0 Å². The van der Waals surface area contributed by atoms with Crippen molar-refractivity contribution in [3.8, 4) is 11.1 Å². The van der Waals surface area contributed by atoms with Crippen molar-refractivity contribution in [2.75, 3.05) is 30.8 Å². The van der Waals surface area contributed by atoms with E-state index >= 15 is 0 Å². The van der Waals surface area contributed by atoms with Gasteiger partial charge in [-0.05, 0) is 47.7 Å². The molecule has 3 aromatic carbocycles. The molecule has 0 aromatic heterocycles. The van der Waals surface area contributed by atoms with Crippen LogP contribution in [0.5, 0.6) is 0 Å². The lowest BCUT2D eigenvalue weighted by Crippen LogP contribution is -2.51. The van der Waals surface area contributed by atoms with Crippen molar-refractivity contribution < 1.29 is 28.3 Å². The quantitative estimate of drug-likeness (QED) is 0.189. The Kier molecular flexibility index (Phi) is 7.85. The van der Waals surface area contributed by atoms with Crippen LogP contribution >= 0.6 is 7.60 Å². The molecule has 2 aliphatic rings. The highest BCUT2D eigenvalue weighted by atomic mass is 31.2. The molecule has 0 radical (unpaired) electrons. The molecule has 5 rings (SSSR count). The number of fused-ring (bicyclic) bond motifs is 3. The van der Waals surface area contributed by atoms with Gasteiger partial charge in [0.05, 0.1) is 19.1 Å². The maximum Gasteiger partial charge on any atom is 0.338 e. The first-order chi connectivity index (χ1) is 18.9. The van der Waals surface area contributed by atoms with Gasteiger partial charge in [0.25, 0.3) is 0 Å². The minimum Gasteiger partial charge on any atom is -0.480 e. The van der Waals surface area contributed by atoms with Gasteiger partial charge < -0.3 is 19.1 Å². The maximum atomic E-state index is 13.5. The Labute approximate surface area is 228 Å². The second kappa shape index (κ2) is 11.3. The molecule has 0 fully saturated rings. The van der Waals surface area contributed by atoms with Crippen LogP contribution in [-0.4, -0.2) is 48.8 Å². The summed E-state index contributed by atoms with van der Waals surface area (Å²) in [6, 6.07) is 23.2. The normalized spacial score (nSPS) is 19.9. The number of carbonyl (C=O) groups excluding carboxylic acids is 1. The summed E-state index contributed by atoms with van der Waals surface area (Å²) < 4.78 is 23.8. The molecule has 8 heteroatoms. The monoisotopic (exact) mass is 545 g/mol. The van der Waals surface area contributed by atoms with E-state index in [1.54, 1.807) is 24.8 Å². The molecule has 1 heterocycles. The van der Waals surface area contributed by atoms with Crippen molar-refractivity contribution in [1.29, 1.82) is 0 Å². The predicted octanol–water partition coefficient (Wildman–Crippen LogP) is 6.13. The Morgan fingerprint density at radius 1 is 0.923 bits per heavy atom. The fraction of sp³-hybridized carbons (Fsp3) is 0.290. The summed E-state index contributed by atoms with van der Waals surface area (Å²) in [5.74, 6) is -2.70. The van der Waals surface area contributed by atoms with Gasteiger partial charge in [0.2, 0.25) is 0 Å². The number of aliphatic carboxylic acids is 1. The van der Waals surface area contributed by atoms with E-state index in [0.717, 1.165) is 33.5 Å². The number of anilines is 1. The van der Waals surface area contributed by atoms with Crippen molar-refractivity contribution >= 4 is 25.0 Å². The van der Waals surface area contributed by atoms with Crippen LogP contribution in [0.25, 0.3) is 11.1 Å². The number of carboxylic acids is 1. The molecule has 1 N–H and O–H groups in total. The number of nitrogens with zero attached hydrogens (tertiary/aromatic N) is 1. The average molecular weight is 546 g/mol. The Balaban J connectivity index is 1.58. The first-order valence-corrected chi connectivity index (χ1v) is 15.0. The number of carbonyl (C=O) groups is 2. The lowest BCUT2D eigenvalue weighted by molar-refractivity contribution is -0.141. The number of ketones is 1. The van der Waals surface area contributed by atoms with Crippen molar-refractivity contribution in [3.63, 3.8) is 0 Å². The molecular weight excluding hydrogens is 513 g/mol. The van der Waals surface area contributed by atoms with Crippen LogP contribution in [0.2, 0.25) is 0 Å². The second-order valence-corrected chi connectivity index (χ2v) is 11.7. The Morgan fingerprint density at radius 3 is 2.28 bits per heavy atom. The summed E-state index contributed by atoms with van der Waals surface area (Å²) in [5, 5.41) is 10.4. The first kappa shape index (κ1) is 27.1. The zero-order valence-corrected chi connectivity index (χ0v) is 22.9. The van der Waals surface area contributed by atoms with E-state index < -0.39 is 37.5 Å². The zero-order valence-electron chi connectivity index (χ0n) is 22.0. The molecule has 202 valence electrons. The van der Waals surface area contributed by atoms with E-state index in [1.165, 1.54) is 0 Å². The van der Waals surface area contributed by atoms with Gasteiger partial charge in [0.1, 0.15) is 12.2 Å². The van der Waals surface area contributed by atoms with Gasteiger partial charge in [-0.1, -0.05) is 78.9 Å². The van der Waals surface area contributed by atoms with E-state index in [2.05, 4.69) is 30.3 Å². The number of rotatable bonds is 10. The van der Waals surface area contributed by atoms with Crippen molar-refractivity contribution in [2.45, 2.75) is 25.8 Å². The lowest BCUT2D eigenvalue weighted by Gasteiger charge is -2.38. The minimum atomic E-state index is -3.69. The zero-order chi connectivity index (χ0) is 27.6. The molecule has 1 aliphatic carbocycles. The van der Waals surface area contributed by atoms with Crippen LogP contribution in [0.3, 0.4) is 0 Å². The molecular formula is C31H32NO6P. The minimum absolute atomic E-state index is 0.0840. The number of Topliss-reactive ketones (excluding diaryl/α,β-unsaturated/α-hetero) is 1. The third-order valence-electron chi connectivity index (χ3n) is 7.32. The topological polar surface area (TPSA) is 93.1 Å². The summed E-state index contributed by atoms with van der Waals surface area (Å²) in [5.41, 5.74) is 6.22. The van der Waals surface area contributed by atoms with Crippen LogP contribution in [0, 0.1) is 5.92 Å². The van der Waals surface area contributed by atoms with Gasteiger partial charge in [0.15, 0.2) is 5.78 Å². The Morgan fingerprint density at radius 2 is 1.59 bits per heavy atom. The molecule has 0 bridgehead atoms.